The molecule has 0 radical (unpaired) electrons. The van der Waals surface area contributed by atoms with Crippen LogP contribution in [0, 0.1) is 11.8 Å². The number of rotatable bonds is 5. The highest BCUT2D eigenvalue weighted by molar-refractivity contribution is 4.90. The topological polar surface area (TPSA) is 15.7 Å². The maximum Gasteiger partial charge on any atom is 0.0630 e. The van der Waals surface area contributed by atoms with E-state index in [1.165, 1.54) is 45.3 Å². The Labute approximate surface area is 132 Å². The molecule has 1 aliphatic heterocycles. The molecule has 3 nitrogen and oxygen atoms in total. The molecule has 1 aliphatic carbocycles. The lowest BCUT2D eigenvalue weighted by Gasteiger charge is -2.48. The maximum absolute atomic E-state index is 5.52. The van der Waals surface area contributed by atoms with E-state index in [2.05, 4.69) is 37.5 Å². The van der Waals surface area contributed by atoms with Crippen LogP contribution in [0.3, 0.4) is 0 Å². The van der Waals surface area contributed by atoms with Gasteiger partial charge < -0.3 is 4.74 Å². The molecule has 0 aromatic heterocycles. The number of methoxy groups -OCH3 is 1. The SMILES string of the molecule is COC[C@@H]1CN(C(C)C)CCN1C1CCC(C(C)C)CC1. The zero-order valence-electron chi connectivity index (χ0n) is 14.8. The summed E-state index contributed by atoms with van der Waals surface area (Å²) in [5.41, 5.74) is 0. The quantitative estimate of drug-likeness (QED) is 0.774. The van der Waals surface area contributed by atoms with Gasteiger partial charge in [0.1, 0.15) is 0 Å². The van der Waals surface area contributed by atoms with E-state index in [1.54, 1.807) is 0 Å². The molecule has 124 valence electrons. The summed E-state index contributed by atoms with van der Waals surface area (Å²) in [6.07, 6.45) is 5.63. The van der Waals surface area contributed by atoms with Crippen LogP contribution in [0.2, 0.25) is 0 Å². The van der Waals surface area contributed by atoms with E-state index in [1.807, 2.05) is 7.11 Å². The fourth-order valence-electron chi connectivity index (χ4n) is 4.28. The van der Waals surface area contributed by atoms with E-state index in [0.29, 0.717) is 12.1 Å². The Morgan fingerprint density at radius 1 is 1.00 bits per heavy atom. The van der Waals surface area contributed by atoms with Gasteiger partial charge in [-0.1, -0.05) is 13.8 Å². The van der Waals surface area contributed by atoms with Crippen LogP contribution in [0.25, 0.3) is 0 Å². The normalized spacial score (nSPS) is 33.0. The highest BCUT2D eigenvalue weighted by atomic mass is 16.5. The molecule has 0 amide bonds. The van der Waals surface area contributed by atoms with Crippen molar-refractivity contribution >= 4 is 0 Å². The molecule has 21 heavy (non-hydrogen) atoms. The van der Waals surface area contributed by atoms with Gasteiger partial charge in [0.25, 0.3) is 0 Å². The minimum Gasteiger partial charge on any atom is -0.383 e. The van der Waals surface area contributed by atoms with Crippen LogP contribution in [-0.4, -0.2) is 61.3 Å². The molecular weight excluding hydrogens is 260 g/mol. The molecule has 0 aromatic carbocycles. The molecule has 2 fully saturated rings. The predicted octanol–water partition coefficient (Wildman–Crippen LogP) is 3.24. The first kappa shape index (κ1) is 17.2. The summed E-state index contributed by atoms with van der Waals surface area (Å²) in [5, 5.41) is 0. The molecule has 0 aromatic rings. The molecule has 1 saturated carbocycles. The predicted molar refractivity (Wildman–Crippen MR) is 89.7 cm³/mol. The molecule has 0 unspecified atom stereocenters. The number of ether oxygens (including phenoxy) is 1. The smallest absolute Gasteiger partial charge is 0.0630 e. The summed E-state index contributed by atoms with van der Waals surface area (Å²) in [6, 6.07) is 2.05. The molecule has 0 spiro atoms. The molecule has 0 N–H and O–H groups in total. The van der Waals surface area contributed by atoms with Gasteiger partial charge in [-0.2, -0.15) is 0 Å². The summed E-state index contributed by atoms with van der Waals surface area (Å²) >= 11 is 0. The molecule has 1 atom stereocenters. The minimum absolute atomic E-state index is 0.590. The molecule has 2 aliphatic rings. The first-order valence-corrected chi connectivity index (χ1v) is 9.01. The summed E-state index contributed by atoms with van der Waals surface area (Å²) in [4.78, 5) is 5.39. The average molecular weight is 296 g/mol. The largest absolute Gasteiger partial charge is 0.383 e. The van der Waals surface area contributed by atoms with Gasteiger partial charge in [-0.25, -0.2) is 0 Å². The van der Waals surface area contributed by atoms with Crippen LogP contribution < -0.4 is 0 Å². The Kier molecular flexibility index (Phi) is 6.51. The minimum atomic E-state index is 0.590. The van der Waals surface area contributed by atoms with Crippen LogP contribution in [0.4, 0.5) is 0 Å². The van der Waals surface area contributed by atoms with Crippen LogP contribution >= 0.6 is 0 Å². The van der Waals surface area contributed by atoms with E-state index < -0.39 is 0 Å². The standard InChI is InChI=1S/C18H36N2O/c1-14(2)16-6-8-17(9-7-16)20-11-10-19(15(3)4)12-18(20)13-21-5/h14-18H,6-13H2,1-5H3/t16?,17?,18-/m0/s1. The van der Waals surface area contributed by atoms with Gasteiger partial charge in [-0.05, 0) is 51.4 Å². The highest BCUT2D eigenvalue weighted by Crippen LogP contribution is 2.33. The summed E-state index contributed by atoms with van der Waals surface area (Å²) in [7, 11) is 1.85. The van der Waals surface area contributed by atoms with Crippen molar-refractivity contribution in [3.05, 3.63) is 0 Å². The van der Waals surface area contributed by atoms with Crippen molar-refractivity contribution in [2.24, 2.45) is 11.8 Å². The van der Waals surface area contributed by atoms with E-state index >= 15 is 0 Å². The molecule has 1 saturated heterocycles. The van der Waals surface area contributed by atoms with Gasteiger partial charge in [0.2, 0.25) is 0 Å². The van der Waals surface area contributed by atoms with Crippen LogP contribution in [0.5, 0.6) is 0 Å². The highest BCUT2D eigenvalue weighted by Gasteiger charge is 2.35. The molecule has 2 rings (SSSR count). The van der Waals surface area contributed by atoms with Crippen molar-refractivity contribution in [2.45, 2.75) is 71.5 Å². The second-order valence-corrected chi connectivity index (χ2v) is 7.75. The monoisotopic (exact) mass is 296 g/mol. The van der Waals surface area contributed by atoms with Crippen molar-refractivity contribution in [1.29, 1.82) is 0 Å². The Morgan fingerprint density at radius 2 is 1.67 bits per heavy atom. The molecule has 3 heteroatoms. The molecule has 0 bridgehead atoms. The zero-order valence-corrected chi connectivity index (χ0v) is 14.8. The number of nitrogens with zero attached hydrogens (tertiary/aromatic N) is 2. The van der Waals surface area contributed by atoms with Gasteiger partial charge in [0.15, 0.2) is 0 Å². The molecular formula is C18H36N2O. The third-order valence-corrected chi connectivity index (χ3v) is 5.80. The van der Waals surface area contributed by atoms with E-state index in [-0.39, 0.29) is 0 Å². The van der Waals surface area contributed by atoms with Gasteiger partial charge in [-0.15, -0.1) is 0 Å². The first-order valence-electron chi connectivity index (χ1n) is 9.01. The Bertz CT molecular complexity index is 298. The second-order valence-electron chi connectivity index (χ2n) is 7.75. The second kappa shape index (κ2) is 7.94. The van der Waals surface area contributed by atoms with Crippen LogP contribution in [-0.2, 0) is 4.74 Å². The van der Waals surface area contributed by atoms with Crippen molar-refractivity contribution < 1.29 is 4.74 Å². The Hall–Kier alpha value is -0.120. The van der Waals surface area contributed by atoms with Gasteiger partial charge >= 0.3 is 0 Å². The third-order valence-electron chi connectivity index (χ3n) is 5.80. The Morgan fingerprint density at radius 3 is 2.19 bits per heavy atom. The van der Waals surface area contributed by atoms with Crippen LogP contribution in [0.1, 0.15) is 53.4 Å². The van der Waals surface area contributed by atoms with Crippen molar-refractivity contribution in [3.8, 4) is 0 Å². The summed E-state index contributed by atoms with van der Waals surface area (Å²) in [6.45, 7) is 13.9. The van der Waals surface area contributed by atoms with Gasteiger partial charge in [-0.3, -0.25) is 9.80 Å². The number of hydrogen-bond acceptors (Lipinski definition) is 3. The number of piperazine rings is 1. The van der Waals surface area contributed by atoms with Crippen molar-refractivity contribution in [1.82, 2.24) is 9.80 Å². The van der Waals surface area contributed by atoms with Crippen LogP contribution in [0.15, 0.2) is 0 Å². The van der Waals surface area contributed by atoms with E-state index in [4.69, 9.17) is 4.74 Å². The van der Waals surface area contributed by atoms with Gasteiger partial charge in [0.05, 0.1) is 6.61 Å². The average Bonchev–Trinajstić information content (AvgIpc) is 2.47. The number of hydrogen-bond donors (Lipinski definition) is 0. The van der Waals surface area contributed by atoms with E-state index in [0.717, 1.165) is 24.5 Å². The summed E-state index contributed by atoms with van der Waals surface area (Å²) < 4.78 is 5.52. The first-order chi connectivity index (χ1) is 10.0. The fourth-order valence-corrected chi connectivity index (χ4v) is 4.28. The van der Waals surface area contributed by atoms with Gasteiger partial charge in [0, 0.05) is 44.9 Å². The van der Waals surface area contributed by atoms with E-state index in [9.17, 15) is 0 Å². The summed E-state index contributed by atoms with van der Waals surface area (Å²) in [5.74, 6) is 1.82. The van der Waals surface area contributed by atoms with Crippen molar-refractivity contribution in [2.75, 3.05) is 33.4 Å². The third kappa shape index (κ3) is 4.43. The lowest BCUT2D eigenvalue weighted by molar-refractivity contribution is -0.0221. The van der Waals surface area contributed by atoms with Crippen molar-refractivity contribution in [3.63, 3.8) is 0 Å². The lowest BCUT2D eigenvalue weighted by atomic mass is 9.79. The lowest BCUT2D eigenvalue weighted by Crippen LogP contribution is -2.59. The fraction of sp³-hybridized carbons (Fsp3) is 1.00. The zero-order chi connectivity index (χ0) is 15.4. The maximum atomic E-state index is 5.52. The molecule has 1 heterocycles. The Balaban J connectivity index is 1.92.